The molecular formula is C11H13N3O5. The lowest BCUT2D eigenvalue weighted by Crippen LogP contribution is -2.33. The van der Waals surface area contributed by atoms with Crippen LogP contribution in [0, 0.1) is 10.1 Å². The molecule has 0 unspecified atom stereocenters. The van der Waals surface area contributed by atoms with E-state index in [1.807, 2.05) is 0 Å². The van der Waals surface area contributed by atoms with Gasteiger partial charge in [0.2, 0.25) is 11.7 Å². The van der Waals surface area contributed by atoms with Gasteiger partial charge in [0.1, 0.15) is 0 Å². The molecule has 0 saturated carbocycles. The number of nitro groups is 1. The summed E-state index contributed by atoms with van der Waals surface area (Å²) in [6, 6.07) is 3.68. The van der Waals surface area contributed by atoms with Crippen LogP contribution in [0.2, 0.25) is 0 Å². The van der Waals surface area contributed by atoms with E-state index >= 15 is 0 Å². The molecule has 1 rings (SSSR count). The maximum atomic E-state index is 11.7. The van der Waals surface area contributed by atoms with Crippen LogP contribution in [0.15, 0.2) is 18.2 Å². The Morgan fingerprint density at radius 2 is 1.95 bits per heavy atom. The molecule has 2 amide bonds. The van der Waals surface area contributed by atoms with E-state index in [4.69, 9.17) is 0 Å². The smallest absolute Gasteiger partial charge is 0.311 e. The molecule has 0 atom stereocenters. The van der Waals surface area contributed by atoms with Gasteiger partial charge in [0.25, 0.3) is 5.91 Å². The number of nitrogens with zero attached hydrogens (tertiary/aromatic N) is 1. The lowest BCUT2D eigenvalue weighted by atomic mass is 10.1. The van der Waals surface area contributed by atoms with Crippen LogP contribution in [0.5, 0.6) is 5.75 Å². The van der Waals surface area contributed by atoms with Crippen molar-refractivity contribution in [3.05, 3.63) is 33.9 Å². The Bertz CT molecular complexity index is 515. The second-order valence-corrected chi connectivity index (χ2v) is 3.67. The van der Waals surface area contributed by atoms with E-state index in [-0.39, 0.29) is 24.6 Å². The van der Waals surface area contributed by atoms with E-state index in [0.717, 1.165) is 6.07 Å². The molecule has 0 fully saturated rings. The number of nitro benzene ring substituents is 1. The molecule has 19 heavy (non-hydrogen) atoms. The van der Waals surface area contributed by atoms with E-state index in [0.29, 0.717) is 0 Å². The summed E-state index contributed by atoms with van der Waals surface area (Å²) in [7, 11) is 0. The van der Waals surface area contributed by atoms with Crippen LogP contribution in [0.1, 0.15) is 17.3 Å². The van der Waals surface area contributed by atoms with Crippen LogP contribution in [-0.4, -0.2) is 34.9 Å². The highest BCUT2D eigenvalue weighted by molar-refractivity contribution is 5.98. The lowest BCUT2D eigenvalue weighted by Gasteiger charge is -2.07. The van der Waals surface area contributed by atoms with Crippen molar-refractivity contribution in [2.45, 2.75) is 6.92 Å². The second kappa shape index (κ2) is 6.34. The monoisotopic (exact) mass is 267 g/mol. The Morgan fingerprint density at radius 1 is 1.32 bits per heavy atom. The summed E-state index contributed by atoms with van der Waals surface area (Å²) in [5, 5.41) is 25.1. The molecule has 0 radical (unpaired) electrons. The van der Waals surface area contributed by atoms with E-state index in [1.165, 1.54) is 19.1 Å². The van der Waals surface area contributed by atoms with Gasteiger partial charge in [-0.1, -0.05) is 6.07 Å². The van der Waals surface area contributed by atoms with E-state index in [2.05, 4.69) is 10.6 Å². The summed E-state index contributed by atoms with van der Waals surface area (Å²) < 4.78 is 0. The van der Waals surface area contributed by atoms with Gasteiger partial charge in [0, 0.05) is 26.1 Å². The summed E-state index contributed by atoms with van der Waals surface area (Å²) >= 11 is 0. The summed E-state index contributed by atoms with van der Waals surface area (Å²) in [5.74, 6) is -1.55. The summed E-state index contributed by atoms with van der Waals surface area (Å²) in [4.78, 5) is 32.1. The molecule has 8 nitrogen and oxygen atoms in total. The molecule has 1 aromatic rings. The van der Waals surface area contributed by atoms with E-state index in [9.17, 15) is 24.8 Å². The number of aromatic hydroxyl groups is 1. The van der Waals surface area contributed by atoms with E-state index < -0.39 is 22.3 Å². The lowest BCUT2D eigenvalue weighted by molar-refractivity contribution is -0.385. The maximum absolute atomic E-state index is 11.7. The molecule has 8 heteroatoms. The highest BCUT2D eigenvalue weighted by atomic mass is 16.6. The fraction of sp³-hybridized carbons (Fsp3) is 0.273. The van der Waals surface area contributed by atoms with Gasteiger partial charge in [-0.15, -0.1) is 0 Å². The number of rotatable bonds is 5. The van der Waals surface area contributed by atoms with Crippen molar-refractivity contribution in [3.63, 3.8) is 0 Å². The predicted molar refractivity (Wildman–Crippen MR) is 65.8 cm³/mol. The standard InChI is InChI=1S/C11H13N3O5/c1-7(15)12-5-6-13-11(17)8-3-2-4-9(10(8)16)14(18)19/h2-4,16H,5-6H2,1H3,(H,12,15)(H,13,17). The zero-order chi connectivity index (χ0) is 14.4. The number of hydrogen-bond acceptors (Lipinski definition) is 5. The van der Waals surface area contributed by atoms with Crippen LogP contribution in [0.3, 0.4) is 0 Å². The number of benzene rings is 1. The van der Waals surface area contributed by atoms with Crippen molar-refractivity contribution in [3.8, 4) is 5.75 Å². The Hall–Kier alpha value is -2.64. The SMILES string of the molecule is CC(=O)NCCNC(=O)c1cccc([N+](=O)[O-])c1O. The van der Waals surface area contributed by atoms with Crippen molar-refractivity contribution in [1.29, 1.82) is 0 Å². The molecule has 0 aliphatic carbocycles. The van der Waals surface area contributed by atoms with E-state index in [1.54, 1.807) is 0 Å². The Balaban J connectivity index is 2.70. The van der Waals surface area contributed by atoms with Crippen molar-refractivity contribution in [2.24, 2.45) is 0 Å². The van der Waals surface area contributed by atoms with Gasteiger partial charge >= 0.3 is 5.69 Å². The molecule has 0 bridgehead atoms. The maximum Gasteiger partial charge on any atom is 0.311 e. The van der Waals surface area contributed by atoms with Crippen LogP contribution in [0.25, 0.3) is 0 Å². The minimum Gasteiger partial charge on any atom is -0.502 e. The molecule has 0 aliphatic rings. The van der Waals surface area contributed by atoms with Crippen molar-refractivity contribution in [2.75, 3.05) is 13.1 Å². The molecule has 0 aliphatic heterocycles. The topological polar surface area (TPSA) is 122 Å². The fourth-order valence-corrected chi connectivity index (χ4v) is 1.37. The Morgan fingerprint density at radius 3 is 2.53 bits per heavy atom. The first-order valence-corrected chi connectivity index (χ1v) is 5.42. The number of phenols is 1. The average molecular weight is 267 g/mol. The minimum atomic E-state index is -0.774. The normalized spacial score (nSPS) is 9.74. The zero-order valence-corrected chi connectivity index (χ0v) is 10.2. The van der Waals surface area contributed by atoms with Crippen molar-refractivity contribution in [1.82, 2.24) is 10.6 Å². The van der Waals surface area contributed by atoms with Crippen molar-refractivity contribution >= 4 is 17.5 Å². The highest BCUT2D eigenvalue weighted by Crippen LogP contribution is 2.28. The first-order valence-electron chi connectivity index (χ1n) is 5.42. The number of nitrogens with one attached hydrogen (secondary N) is 2. The number of phenolic OH excluding ortho intramolecular Hbond substituents is 1. The number of carbonyl (C=O) groups is 2. The molecule has 1 aromatic carbocycles. The van der Waals surface area contributed by atoms with Crippen LogP contribution in [0.4, 0.5) is 5.69 Å². The highest BCUT2D eigenvalue weighted by Gasteiger charge is 2.20. The summed E-state index contributed by atoms with van der Waals surface area (Å²) in [6.45, 7) is 1.73. The second-order valence-electron chi connectivity index (χ2n) is 3.67. The Labute approximate surface area is 108 Å². The number of amides is 2. The van der Waals surface area contributed by atoms with Gasteiger partial charge < -0.3 is 15.7 Å². The zero-order valence-electron chi connectivity index (χ0n) is 10.2. The molecule has 0 aromatic heterocycles. The summed E-state index contributed by atoms with van der Waals surface area (Å²) in [5.41, 5.74) is -0.716. The number of hydrogen-bond donors (Lipinski definition) is 3. The third kappa shape index (κ3) is 3.95. The van der Waals surface area contributed by atoms with Gasteiger partial charge in [-0.3, -0.25) is 19.7 Å². The third-order valence-electron chi connectivity index (χ3n) is 2.24. The first-order chi connectivity index (χ1) is 8.93. The quantitative estimate of drug-likeness (QED) is 0.398. The molecule has 0 heterocycles. The largest absolute Gasteiger partial charge is 0.502 e. The van der Waals surface area contributed by atoms with Crippen molar-refractivity contribution < 1.29 is 19.6 Å². The predicted octanol–water partition coefficient (Wildman–Crippen LogP) is 0.166. The average Bonchev–Trinajstić information content (AvgIpc) is 2.34. The molecule has 0 spiro atoms. The van der Waals surface area contributed by atoms with Gasteiger partial charge in [-0.25, -0.2) is 0 Å². The number of para-hydroxylation sites is 1. The third-order valence-corrected chi connectivity index (χ3v) is 2.24. The van der Waals surface area contributed by atoms with Gasteiger partial charge in [0.05, 0.1) is 10.5 Å². The minimum absolute atomic E-state index is 0.153. The first kappa shape index (κ1) is 14.4. The van der Waals surface area contributed by atoms with Crippen LogP contribution >= 0.6 is 0 Å². The number of carbonyl (C=O) groups excluding carboxylic acids is 2. The van der Waals surface area contributed by atoms with Gasteiger partial charge in [-0.05, 0) is 6.07 Å². The fourth-order valence-electron chi connectivity index (χ4n) is 1.37. The summed E-state index contributed by atoms with van der Waals surface area (Å²) in [6.07, 6.45) is 0. The molecule has 3 N–H and O–H groups in total. The van der Waals surface area contributed by atoms with Gasteiger partial charge in [-0.2, -0.15) is 0 Å². The molecular weight excluding hydrogens is 254 g/mol. The molecule has 0 saturated heterocycles. The Kier molecular flexibility index (Phi) is 4.81. The van der Waals surface area contributed by atoms with Crippen LogP contribution in [-0.2, 0) is 4.79 Å². The molecule has 102 valence electrons. The van der Waals surface area contributed by atoms with Crippen LogP contribution < -0.4 is 10.6 Å². The van der Waals surface area contributed by atoms with Gasteiger partial charge in [0.15, 0.2) is 0 Å².